The van der Waals surface area contributed by atoms with Crippen LogP contribution in [0.1, 0.15) is 19.8 Å². The molecule has 18 heavy (non-hydrogen) atoms. The third-order valence-electron chi connectivity index (χ3n) is 3.19. The molecule has 2 rings (SSSR count). The molecule has 3 heteroatoms. The normalized spacial score (nSPS) is 23.8. The van der Waals surface area contributed by atoms with Crippen molar-refractivity contribution in [2.24, 2.45) is 5.92 Å². The first kappa shape index (κ1) is 13.4. The lowest BCUT2D eigenvalue weighted by Crippen LogP contribution is -2.42. The van der Waals surface area contributed by atoms with Crippen LogP contribution in [0, 0.1) is 5.92 Å². The van der Waals surface area contributed by atoms with Crippen molar-refractivity contribution in [1.29, 1.82) is 0 Å². The monoisotopic (exact) mass is 249 g/mol. The zero-order valence-corrected chi connectivity index (χ0v) is 11.1. The van der Waals surface area contributed by atoms with Crippen LogP contribution < -0.4 is 10.1 Å². The molecule has 0 bridgehead atoms. The van der Waals surface area contributed by atoms with Crippen LogP contribution in [0.25, 0.3) is 0 Å². The van der Waals surface area contributed by atoms with E-state index in [0.29, 0.717) is 12.0 Å². The van der Waals surface area contributed by atoms with E-state index in [4.69, 9.17) is 9.47 Å². The van der Waals surface area contributed by atoms with Crippen LogP contribution >= 0.6 is 0 Å². The minimum Gasteiger partial charge on any atom is -0.493 e. The number of piperidine rings is 1. The molecule has 0 unspecified atom stereocenters. The van der Waals surface area contributed by atoms with Crippen LogP contribution in [0.15, 0.2) is 30.3 Å². The number of hydrogen-bond donors (Lipinski definition) is 1. The minimum atomic E-state index is 0.350. The summed E-state index contributed by atoms with van der Waals surface area (Å²) in [6.07, 6.45) is 2.53. The first-order valence-electron chi connectivity index (χ1n) is 6.88. The Morgan fingerprint density at radius 1 is 1.22 bits per heavy atom. The standard InChI is InChI=1S/C15H23NO2/c1-2-8-17-15-9-13(10-16-11-15)12-18-14-6-4-3-5-7-14/h3-7,13,15-16H,2,8-12H2,1H3/t13-,15+/m1/s1. The van der Waals surface area contributed by atoms with Gasteiger partial charge in [-0.2, -0.15) is 0 Å². The summed E-state index contributed by atoms with van der Waals surface area (Å²) >= 11 is 0. The van der Waals surface area contributed by atoms with E-state index in [1.54, 1.807) is 0 Å². The molecule has 1 aliphatic rings. The van der Waals surface area contributed by atoms with Gasteiger partial charge in [-0.15, -0.1) is 0 Å². The Bertz CT molecular complexity index is 329. The third kappa shape index (κ3) is 4.31. The molecule has 0 saturated carbocycles. The largest absolute Gasteiger partial charge is 0.493 e. The molecule has 0 spiro atoms. The fourth-order valence-electron chi connectivity index (χ4n) is 2.26. The van der Waals surface area contributed by atoms with Crippen LogP contribution in [0.2, 0.25) is 0 Å². The second-order valence-corrected chi connectivity index (χ2v) is 4.88. The van der Waals surface area contributed by atoms with E-state index in [1.807, 2.05) is 30.3 Å². The van der Waals surface area contributed by atoms with Gasteiger partial charge in [0.2, 0.25) is 0 Å². The van der Waals surface area contributed by atoms with Gasteiger partial charge in [0.1, 0.15) is 5.75 Å². The van der Waals surface area contributed by atoms with Gasteiger partial charge in [0, 0.05) is 25.6 Å². The summed E-state index contributed by atoms with van der Waals surface area (Å²) in [5.74, 6) is 1.50. The van der Waals surface area contributed by atoms with Gasteiger partial charge < -0.3 is 14.8 Å². The molecular formula is C15H23NO2. The lowest BCUT2D eigenvalue weighted by molar-refractivity contribution is 0.0155. The lowest BCUT2D eigenvalue weighted by atomic mass is 9.98. The van der Waals surface area contributed by atoms with Gasteiger partial charge in [-0.3, -0.25) is 0 Å². The molecule has 0 radical (unpaired) electrons. The molecule has 1 N–H and O–H groups in total. The summed E-state index contributed by atoms with van der Waals surface area (Å²) in [5.41, 5.74) is 0. The van der Waals surface area contributed by atoms with E-state index in [0.717, 1.165) is 44.9 Å². The van der Waals surface area contributed by atoms with E-state index >= 15 is 0 Å². The average Bonchev–Trinajstić information content (AvgIpc) is 2.44. The summed E-state index contributed by atoms with van der Waals surface area (Å²) < 4.78 is 11.6. The molecular weight excluding hydrogens is 226 g/mol. The maximum Gasteiger partial charge on any atom is 0.119 e. The summed E-state index contributed by atoms with van der Waals surface area (Å²) in [6.45, 7) is 5.77. The number of hydrogen-bond acceptors (Lipinski definition) is 3. The van der Waals surface area contributed by atoms with Crippen LogP contribution in [0.5, 0.6) is 5.75 Å². The van der Waals surface area contributed by atoms with Gasteiger partial charge >= 0.3 is 0 Å². The number of benzene rings is 1. The Balaban J connectivity index is 1.72. The molecule has 3 nitrogen and oxygen atoms in total. The predicted molar refractivity (Wildman–Crippen MR) is 72.9 cm³/mol. The van der Waals surface area contributed by atoms with Crippen molar-refractivity contribution in [3.63, 3.8) is 0 Å². The van der Waals surface area contributed by atoms with Gasteiger partial charge in [-0.1, -0.05) is 25.1 Å². The zero-order valence-electron chi connectivity index (χ0n) is 11.1. The molecule has 1 saturated heterocycles. The van der Waals surface area contributed by atoms with Gasteiger partial charge in [-0.25, -0.2) is 0 Å². The van der Waals surface area contributed by atoms with Gasteiger partial charge in [-0.05, 0) is 25.0 Å². The van der Waals surface area contributed by atoms with Crippen LogP contribution in [-0.2, 0) is 4.74 Å². The van der Waals surface area contributed by atoms with Crippen LogP contribution in [0.4, 0.5) is 0 Å². The van der Waals surface area contributed by atoms with Gasteiger partial charge in [0.15, 0.2) is 0 Å². The van der Waals surface area contributed by atoms with E-state index in [-0.39, 0.29) is 0 Å². The molecule has 1 aliphatic heterocycles. The van der Waals surface area contributed by atoms with Crippen molar-refractivity contribution in [2.75, 3.05) is 26.3 Å². The van der Waals surface area contributed by atoms with Crippen molar-refractivity contribution < 1.29 is 9.47 Å². The van der Waals surface area contributed by atoms with E-state index in [2.05, 4.69) is 12.2 Å². The molecule has 1 fully saturated rings. The van der Waals surface area contributed by atoms with Gasteiger partial charge in [0.05, 0.1) is 12.7 Å². The smallest absolute Gasteiger partial charge is 0.119 e. The Hall–Kier alpha value is -1.06. The maximum absolute atomic E-state index is 5.80. The highest BCUT2D eigenvalue weighted by molar-refractivity contribution is 5.20. The van der Waals surface area contributed by atoms with Crippen molar-refractivity contribution >= 4 is 0 Å². The van der Waals surface area contributed by atoms with Gasteiger partial charge in [0.25, 0.3) is 0 Å². The van der Waals surface area contributed by atoms with E-state index < -0.39 is 0 Å². The molecule has 0 aromatic heterocycles. The minimum absolute atomic E-state index is 0.350. The lowest BCUT2D eigenvalue weighted by Gasteiger charge is -2.29. The van der Waals surface area contributed by atoms with Crippen molar-refractivity contribution in [1.82, 2.24) is 5.32 Å². The van der Waals surface area contributed by atoms with Crippen molar-refractivity contribution in [3.8, 4) is 5.75 Å². The molecule has 100 valence electrons. The van der Waals surface area contributed by atoms with E-state index in [1.165, 1.54) is 0 Å². The highest BCUT2D eigenvalue weighted by atomic mass is 16.5. The maximum atomic E-state index is 5.80. The second-order valence-electron chi connectivity index (χ2n) is 4.88. The number of para-hydroxylation sites is 1. The SMILES string of the molecule is CCCO[C@@H]1CNC[C@H](COc2ccccc2)C1. The highest BCUT2D eigenvalue weighted by Gasteiger charge is 2.22. The average molecular weight is 249 g/mol. The van der Waals surface area contributed by atoms with Crippen LogP contribution in [-0.4, -0.2) is 32.4 Å². The summed E-state index contributed by atoms with van der Waals surface area (Å²) in [7, 11) is 0. The molecule has 1 aromatic rings. The van der Waals surface area contributed by atoms with Crippen LogP contribution in [0.3, 0.4) is 0 Å². The fourth-order valence-corrected chi connectivity index (χ4v) is 2.26. The highest BCUT2D eigenvalue weighted by Crippen LogP contribution is 2.16. The molecule has 0 amide bonds. The number of rotatable bonds is 6. The molecule has 2 atom stereocenters. The molecule has 1 heterocycles. The molecule has 1 aromatic carbocycles. The topological polar surface area (TPSA) is 30.5 Å². The quantitative estimate of drug-likeness (QED) is 0.840. The summed E-state index contributed by atoms with van der Waals surface area (Å²) in [6, 6.07) is 10.0. The Morgan fingerprint density at radius 2 is 2.06 bits per heavy atom. The summed E-state index contributed by atoms with van der Waals surface area (Å²) in [4.78, 5) is 0. The fraction of sp³-hybridized carbons (Fsp3) is 0.600. The summed E-state index contributed by atoms with van der Waals surface area (Å²) in [5, 5.41) is 3.43. The number of nitrogens with one attached hydrogen (secondary N) is 1. The van der Waals surface area contributed by atoms with Crippen molar-refractivity contribution in [3.05, 3.63) is 30.3 Å². The predicted octanol–water partition coefficient (Wildman–Crippen LogP) is 2.47. The Kier molecular flexibility index (Phi) is 5.49. The first-order chi connectivity index (χ1) is 8.88. The number of ether oxygens (including phenoxy) is 2. The van der Waals surface area contributed by atoms with Crippen molar-refractivity contribution in [2.45, 2.75) is 25.9 Å². The first-order valence-corrected chi connectivity index (χ1v) is 6.88. The zero-order chi connectivity index (χ0) is 12.6. The van der Waals surface area contributed by atoms with E-state index in [9.17, 15) is 0 Å². The Morgan fingerprint density at radius 3 is 2.83 bits per heavy atom. The third-order valence-corrected chi connectivity index (χ3v) is 3.19. The molecule has 0 aliphatic carbocycles. The second kappa shape index (κ2) is 7.39. The Labute approximate surface area is 109 Å².